The van der Waals surface area contributed by atoms with Crippen molar-refractivity contribution in [2.75, 3.05) is 25.0 Å². The number of amides is 1. The fraction of sp³-hybridized carbons (Fsp3) is 0.409. The Morgan fingerprint density at radius 3 is 2.54 bits per heavy atom. The number of hydrogen-bond donors (Lipinski definition) is 2. The zero-order valence-corrected chi connectivity index (χ0v) is 18.2. The molecule has 1 fully saturated rings. The van der Waals surface area contributed by atoms with Crippen molar-refractivity contribution < 1.29 is 4.79 Å². The largest absolute Gasteiger partial charge is 0.330 e. The van der Waals surface area contributed by atoms with Gasteiger partial charge in [-0.05, 0) is 56.0 Å². The number of benzene rings is 2. The van der Waals surface area contributed by atoms with E-state index in [0.717, 1.165) is 24.2 Å². The molecule has 1 aliphatic heterocycles. The van der Waals surface area contributed by atoms with Crippen LogP contribution in [0.1, 0.15) is 29.5 Å². The maximum absolute atomic E-state index is 12.9. The van der Waals surface area contributed by atoms with Gasteiger partial charge in [-0.15, -0.1) is 12.4 Å². The van der Waals surface area contributed by atoms with Gasteiger partial charge in [0.2, 0.25) is 5.91 Å². The van der Waals surface area contributed by atoms with Gasteiger partial charge in [0.1, 0.15) is 0 Å². The van der Waals surface area contributed by atoms with Crippen LogP contribution in [0.5, 0.6) is 0 Å². The second-order valence-corrected chi connectivity index (χ2v) is 7.98. The highest BCUT2D eigenvalue weighted by molar-refractivity contribution is 6.34. The van der Waals surface area contributed by atoms with Gasteiger partial charge < -0.3 is 11.1 Å². The molecule has 1 aliphatic rings. The number of anilines is 1. The van der Waals surface area contributed by atoms with E-state index in [9.17, 15) is 4.79 Å². The van der Waals surface area contributed by atoms with Gasteiger partial charge in [0.25, 0.3) is 0 Å². The van der Waals surface area contributed by atoms with E-state index in [0.29, 0.717) is 29.1 Å². The molecule has 2 aromatic rings. The van der Waals surface area contributed by atoms with E-state index < -0.39 is 0 Å². The molecule has 28 heavy (non-hydrogen) atoms. The molecule has 0 aromatic heterocycles. The van der Waals surface area contributed by atoms with E-state index in [-0.39, 0.29) is 24.4 Å². The van der Waals surface area contributed by atoms with Gasteiger partial charge in [-0.25, -0.2) is 0 Å². The minimum atomic E-state index is -0.246. The van der Waals surface area contributed by atoms with Crippen molar-refractivity contribution in [3.05, 3.63) is 64.2 Å². The van der Waals surface area contributed by atoms with Gasteiger partial charge in [-0.2, -0.15) is 0 Å². The Labute approximate surface area is 178 Å². The first kappa shape index (κ1) is 22.7. The maximum Gasteiger partial charge on any atom is 0.241 e. The van der Waals surface area contributed by atoms with Gasteiger partial charge in [0.15, 0.2) is 0 Å². The standard InChI is InChI=1S/C22H28ClN3O.ClH/c1-14-9-15(2)21(20(23)10-14)25-22(27)16(3)26-12-18(11-24)19(13-26)17-7-5-4-6-8-17;/h4-10,16,18-19H,11-13,24H2,1-3H3,(H,25,27);1H/t16?,18-,19+;/m1./s1. The van der Waals surface area contributed by atoms with Crippen LogP contribution in [0.15, 0.2) is 42.5 Å². The number of halogens is 2. The number of hydrogen-bond acceptors (Lipinski definition) is 3. The van der Waals surface area contributed by atoms with Crippen LogP contribution in [0, 0.1) is 19.8 Å². The van der Waals surface area contributed by atoms with Gasteiger partial charge >= 0.3 is 0 Å². The predicted octanol–water partition coefficient (Wildman–Crippen LogP) is 4.38. The van der Waals surface area contributed by atoms with Crippen LogP contribution >= 0.6 is 24.0 Å². The molecule has 6 heteroatoms. The number of likely N-dealkylation sites (tertiary alicyclic amines) is 1. The fourth-order valence-corrected chi connectivity index (χ4v) is 4.37. The summed E-state index contributed by atoms with van der Waals surface area (Å²) in [6, 6.07) is 14.1. The van der Waals surface area contributed by atoms with Gasteiger partial charge in [0, 0.05) is 19.0 Å². The first-order valence-electron chi connectivity index (χ1n) is 9.47. The molecular weight excluding hydrogens is 393 g/mol. The Morgan fingerprint density at radius 1 is 1.25 bits per heavy atom. The third kappa shape index (κ3) is 4.87. The molecule has 1 saturated heterocycles. The van der Waals surface area contributed by atoms with Crippen molar-refractivity contribution in [1.82, 2.24) is 4.90 Å². The fourth-order valence-electron chi connectivity index (χ4n) is 4.01. The Kier molecular flexibility index (Phi) is 7.90. The number of nitrogens with zero attached hydrogens (tertiary/aromatic N) is 1. The minimum absolute atomic E-state index is 0. The molecule has 2 aromatic carbocycles. The van der Waals surface area contributed by atoms with Crippen molar-refractivity contribution in [2.45, 2.75) is 32.7 Å². The number of nitrogens with two attached hydrogens (primary N) is 1. The lowest BCUT2D eigenvalue weighted by molar-refractivity contribution is -0.120. The Morgan fingerprint density at radius 2 is 1.93 bits per heavy atom. The molecule has 1 amide bonds. The molecule has 0 radical (unpaired) electrons. The van der Waals surface area contributed by atoms with Gasteiger partial charge in [0.05, 0.1) is 16.8 Å². The first-order valence-corrected chi connectivity index (χ1v) is 9.85. The van der Waals surface area contributed by atoms with E-state index in [4.69, 9.17) is 17.3 Å². The van der Waals surface area contributed by atoms with E-state index in [1.807, 2.05) is 39.0 Å². The summed E-state index contributed by atoms with van der Waals surface area (Å²) in [4.78, 5) is 15.1. The molecule has 1 heterocycles. The third-order valence-electron chi connectivity index (χ3n) is 5.61. The lowest BCUT2D eigenvalue weighted by atomic mass is 9.89. The summed E-state index contributed by atoms with van der Waals surface area (Å²) in [5.74, 6) is 0.678. The van der Waals surface area contributed by atoms with E-state index >= 15 is 0 Å². The minimum Gasteiger partial charge on any atom is -0.330 e. The highest BCUT2D eigenvalue weighted by Crippen LogP contribution is 2.34. The molecule has 3 rings (SSSR count). The summed E-state index contributed by atoms with van der Waals surface area (Å²) in [5.41, 5.74) is 10.1. The monoisotopic (exact) mass is 421 g/mol. The molecule has 0 aliphatic carbocycles. The summed E-state index contributed by atoms with van der Waals surface area (Å²) in [6.07, 6.45) is 0. The predicted molar refractivity (Wildman–Crippen MR) is 120 cm³/mol. The molecule has 1 unspecified atom stereocenters. The summed E-state index contributed by atoms with van der Waals surface area (Å²) < 4.78 is 0. The number of nitrogens with one attached hydrogen (secondary N) is 1. The second kappa shape index (κ2) is 9.75. The molecule has 152 valence electrons. The number of carbonyl (C=O) groups is 1. The molecule has 3 atom stereocenters. The van der Waals surface area contributed by atoms with Gasteiger partial charge in [-0.3, -0.25) is 9.69 Å². The van der Waals surface area contributed by atoms with Crippen molar-refractivity contribution in [3.63, 3.8) is 0 Å². The summed E-state index contributed by atoms with van der Waals surface area (Å²) in [7, 11) is 0. The highest BCUT2D eigenvalue weighted by atomic mass is 35.5. The van der Waals surface area contributed by atoms with Crippen molar-refractivity contribution >= 4 is 35.6 Å². The Balaban J connectivity index is 0.00000280. The first-order chi connectivity index (χ1) is 12.9. The topological polar surface area (TPSA) is 58.4 Å². The summed E-state index contributed by atoms with van der Waals surface area (Å²) in [6.45, 7) is 8.19. The van der Waals surface area contributed by atoms with Crippen LogP contribution in [0.3, 0.4) is 0 Å². The van der Waals surface area contributed by atoms with Crippen molar-refractivity contribution in [3.8, 4) is 0 Å². The maximum atomic E-state index is 12.9. The zero-order chi connectivity index (χ0) is 19.6. The molecule has 0 spiro atoms. The highest BCUT2D eigenvalue weighted by Gasteiger charge is 2.37. The van der Waals surface area contributed by atoms with Crippen LogP contribution in [-0.2, 0) is 4.79 Å². The van der Waals surface area contributed by atoms with E-state index in [2.05, 4.69) is 34.5 Å². The van der Waals surface area contributed by atoms with E-state index in [1.165, 1.54) is 5.56 Å². The van der Waals surface area contributed by atoms with Crippen LogP contribution < -0.4 is 11.1 Å². The summed E-state index contributed by atoms with van der Waals surface area (Å²) in [5, 5.41) is 3.61. The lowest BCUT2D eigenvalue weighted by Crippen LogP contribution is -2.41. The van der Waals surface area contributed by atoms with Crippen LogP contribution in [0.2, 0.25) is 5.02 Å². The molecule has 3 N–H and O–H groups in total. The van der Waals surface area contributed by atoms with Crippen molar-refractivity contribution in [2.24, 2.45) is 11.7 Å². The Bertz CT molecular complexity index is 790. The van der Waals surface area contributed by atoms with E-state index in [1.54, 1.807) is 0 Å². The number of aryl methyl sites for hydroxylation is 2. The molecule has 0 bridgehead atoms. The average Bonchev–Trinajstić information content (AvgIpc) is 3.09. The quantitative estimate of drug-likeness (QED) is 0.752. The lowest BCUT2D eigenvalue weighted by Gasteiger charge is -2.24. The number of rotatable bonds is 5. The van der Waals surface area contributed by atoms with Crippen LogP contribution in [0.4, 0.5) is 5.69 Å². The molecular formula is C22H29Cl2N3O. The third-order valence-corrected chi connectivity index (χ3v) is 5.90. The average molecular weight is 422 g/mol. The molecule has 0 saturated carbocycles. The van der Waals surface area contributed by atoms with Crippen LogP contribution in [-0.4, -0.2) is 36.5 Å². The normalized spacial score (nSPS) is 20.5. The summed E-state index contributed by atoms with van der Waals surface area (Å²) >= 11 is 6.35. The zero-order valence-electron chi connectivity index (χ0n) is 16.6. The van der Waals surface area contributed by atoms with Crippen molar-refractivity contribution in [1.29, 1.82) is 0 Å². The van der Waals surface area contributed by atoms with Crippen LogP contribution in [0.25, 0.3) is 0 Å². The number of carbonyl (C=O) groups excluding carboxylic acids is 1. The van der Waals surface area contributed by atoms with Gasteiger partial charge in [-0.1, -0.05) is 48.0 Å². The molecule has 4 nitrogen and oxygen atoms in total. The second-order valence-electron chi connectivity index (χ2n) is 7.57. The Hall–Kier alpha value is -1.59. The smallest absolute Gasteiger partial charge is 0.241 e. The SMILES string of the molecule is Cc1cc(C)c(NC(=O)C(C)N2C[C@@H](CN)[C@H](c3ccccc3)C2)c(Cl)c1.Cl.